The molecule has 1 amide bonds. The topological polar surface area (TPSA) is 102 Å². The minimum Gasteiger partial charge on any atom is -0.393 e. The Bertz CT molecular complexity index is 1300. The van der Waals surface area contributed by atoms with Crippen molar-refractivity contribution in [1.82, 2.24) is 23.6 Å². The third-order valence-corrected chi connectivity index (χ3v) is 7.30. The molecule has 3 aromatic rings. The van der Waals surface area contributed by atoms with Gasteiger partial charge in [-0.15, -0.1) is 11.3 Å². The number of thiophene rings is 1. The molecule has 0 atom stereocenters. The first-order valence-corrected chi connectivity index (χ1v) is 11.6. The highest BCUT2D eigenvalue weighted by atomic mass is 32.1. The molecule has 1 N–H and O–H groups in total. The van der Waals surface area contributed by atoms with Crippen molar-refractivity contribution in [2.45, 2.75) is 58.1 Å². The van der Waals surface area contributed by atoms with Crippen molar-refractivity contribution in [3.8, 4) is 0 Å². The van der Waals surface area contributed by atoms with Crippen LogP contribution in [0, 0.1) is 6.92 Å². The van der Waals surface area contributed by atoms with E-state index in [1.165, 1.54) is 12.5 Å². The molecule has 184 valence electrons. The van der Waals surface area contributed by atoms with E-state index >= 15 is 0 Å². The third-order valence-electron chi connectivity index (χ3n) is 6.00. The fraction of sp³-hybridized carbons (Fsp3) is 0.524. The molecular formula is C21H24F3N5O4S. The molecule has 0 bridgehead atoms. The monoisotopic (exact) mass is 499 g/mol. The van der Waals surface area contributed by atoms with Crippen LogP contribution in [-0.4, -0.2) is 60.0 Å². The van der Waals surface area contributed by atoms with E-state index in [1.807, 2.05) is 0 Å². The maximum absolute atomic E-state index is 13.3. The zero-order valence-electron chi connectivity index (χ0n) is 18.4. The molecule has 0 saturated carbocycles. The Labute approximate surface area is 195 Å². The summed E-state index contributed by atoms with van der Waals surface area (Å²) in [6, 6.07) is 0. The summed E-state index contributed by atoms with van der Waals surface area (Å²) >= 11 is 0.870. The van der Waals surface area contributed by atoms with Gasteiger partial charge in [0.1, 0.15) is 4.83 Å². The maximum atomic E-state index is 13.3. The van der Waals surface area contributed by atoms with Crippen LogP contribution in [0.5, 0.6) is 0 Å². The molecule has 0 unspecified atom stereocenters. The van der Waals surface area contributed by atoms with E-state index in [2.05, 4.69) is 4.98 Å². The van der Waals surface area contributed by atoms with Crippen molar-refractivity contribution in [1.29, 1.82) is 0 Å². The second-order valence-electron chi connectivity index (χ2n) is 8.32. The van der Waals surface area contributed by atoms with Gasteiger partial charge in [-0.25, -0.2) is 9.78 Å². The van der Waals surface area contributed by atoms with Gasteiger partial charge in [-0.1, -0.05) is 0 Å². The van der Waals surface area contributed by atoms with E-state index < -0.39 is 36.5 Å². The first-order chi connectivity index (χ1) is 16.1. The number of rotatable bonds is 6. The summed E-state index contributed by atoms with van der Waals surface area (Å²) in [6.07, 6.45) is -0.687. The predicted octanol–water partition coefficient (Wildman–Crippen LogP) is 1.98. The van der Waals surface area contributed by atoms with Gasteiger partial charge in [0.25, 0.3) is 11.5 Å². The van der Waals surface area contributed by atoms with Crippen molar-refractivity contribution in [3.63, 3.8) is 0 Å². The van der Waals surface area contributed by atoms with Crippen molar-refractivity contribution >= 4 is 27.5 Å². The largest absolute Gasteiger partial charge is 0.393 e. The molecule has 1 fully saturated rings. The van der Waals surface area contributed by atoms with Gasteiger partial charge in [-0.3, -0.25) is 18.7 Å². The van der Waals surface area contributed by atoms with E-state index in [0.29, 0.717) is 31.5 Å². The highest BCUT2D eigenvalue weighted by Gasteiger charge is 2.31. The summed E-state index contributed by atoms with van der Waals surface area (Å²) in [4.78, 5) is 45.3. The van der Waals surface area contributed by atoms with Crippen LogP contribution in [0.1, 0.15) is 34.5 Å². The number of aryl methyl sites for hydroxylation is 3. The molecule has 3 aromatic heterocycles. The Morgan fingerprint density at radius 2 is 1.88 bits per heavy atom. The van der Waals surface area contributed by atoms with E-state index in [1.54, 1.807) is 22.6 Å². The van der Waals surface area contributed by atoms with Crippen LogP contribution in [0.15, 0.2) is 28.3 Å². The lowest BCUT2D eigenvalue weighted by molar-refractivity contribution is -0.136. The van der Waals surface area contributed by atoms with Gasteiger partial charge >= 0.3 is 11.9 Å². The molecule has 0 aliphatic carbocycles. The maximum Gasteiger partial charge on any atom is 0.390 e. The first-order valence-electron chi connectivity index (χ1n) is 10.8. The predicted molar refractivity (Wildman–Crippen MR) is 119 cm³/mol. The van der Waals surface area contributed by atoms with Gasteiger partial charge in [0.05, 0.1) is 29.1 Å². The van der Waals surface area contributed by atoms with Gasteiger partial charge in [-0.2, -0.15) is 13.2 Å². The molecule has 13 heteroatoms. The Morgan fingerprint density at radius 1 is 1.18 bits per heavy atom. The lowest BCUT2D eigenvalue weighted by Gasteiger charge is -2.29. The number of carbonyl (C=O) groups excluding carboxylic acids is 1. The van der Waals surface area contributed by atoms with Crippen molar-refractivity contribution in [2.75, 3.05) is 13.1 Å². The SMILES string of the molecule is Cc1c(C(=O)N2CCC(O)CC2)sc2c1c(=O)n(CCn1ccnc1)c(=O)n2CCC(F)(F)F. The molecule has 34 heavy (non-hydrogen) atoms. The zero-order chi connectivity index (χ0) is 24.6. The van der Waals surface area contributed by atoms with Crippen LogP contribution in [0.4, 0.5) is 13.2 Å². The Morgan fingerprint density at radius 3 is 2.50 bits per heavy atom. The van der Waals surface area contributed by atoms with E-state index in [0.717, 1.165) is 20.5 Å². The summed E-state index contributed by atoms with van der Waals surface area (Å²) in [5.74, 6) is -0.357. The standard InChI is InChI=1S/C21H24F3N5O4S/c1-13-15-17(31)28(11-10-26-9-5-25-12-26)20(33)29(8-4-21(22,23)24)19(15)34-16(13)18(32)27-6-2-14(30)3-7-27/h5,9,12,14,30H,2-4,6-8,10-11H2,1H3. The summed E-state index contributed by atoms with van der Waals surface area (Å²) < 4.78 is 42.5. The molecular weight excluding hydrogens is 475 g/mol. The zero-order valence-corrected chi connectivity index (χ0v) is 19.2. The molecule has 0 spiro atoms. The fourth-order valence-electron chi connectivity index (χ4n) is 4.08. The quantitative estimate of drug-likeness (QED) is 0.559. The molecule has 1 saturated heterocycles. The molecule has 4 rings (SSSR count). The lowest BCUT2D eigenvalue weighted by atomic mass is 10.1. The number of aromatic nitrogens is 4. The van der Waals surface area contributed by atoms with Crippen LogP contribution in [0.2, 0.25) is 0 Å². The number of aliphatic hydroxyl groups excluding tert-OH is 1. The fourth-order valence-corrected chi connectivity index (χ4v) is 5.37. The van der Waals surface area contributed by atoms with Crippen molar-refractivity contribution in [3.05, 3.63) is 50.0 Å². The average Bonchev–Trinajstić information content (AvgIpc) is 3.41. The molecule has 9 nitrogen and oxygen atoms in total. The summed E-state index contributed by atoms with van der Waals surface area (Å²) in [5.41, 5.74) is -1.13. The molecule has 4 heterocycles. The van der Waals surface area contributed by atoms with Crippen LogP contribution < -0.4 is 11.2 Å². The number of hydrogen-bond acceptors (Lipinski definition) is 6. The highest BCUT2D eigenvalue weighted by Crippen LogP contribution is 2.31. The number of alkyl halides is 3. The van der Waals surface area contributed by atoms with Crippen molar-refractivity contribution < 1.29 is 23.1 Å². The Hall–Kier alpha value is -2.93. The number of aliphatic hydroxyl groups is 1. The van der Waals surface area contributed by atoms with Gasteiger partial charge in [0.2, 0.25) is 0 Å². The van der Waals surface area contributed by atoms with Gasteiger partial charge in [0, 0.05) is 45.1 Å². The van der Waals surface area contributed by atoms with Crippen LogP contribution >= 0.6 is 11.3 Å². The average molecular weight is 500 g/mol. The minimum atomic E-state index is -4.50. The Balaban J connectivity index is 1.80. The van der Waals surface area contributed by atoms with E-state index in [9.17, 15) is 32.7 Å². The van der Waals surface area contributed by atoms with Gasteiger partial charge in [0.15, 0.2) is 0 Å². The second-order valence-corrected chi connectivity index (χ2v) is 9.32. The van der Waals surface area contributed by atoms with E-state index in [-0.39, 0.29) is 34.1 Å². The number of nitrogens with zero attached hydrogens (tertiary/aromatic N) is 5. The number of likely N-dealkylation sites (tertiary alicyclic amines) is 1. The Kier molecular flexibility index (Phi) is 6.67. The summed E-state index contributed by atoms with van der Waals surface area (Å²) in [7, 11) is 0. The lowest BCUT2D eigenvalue weighted by Crippen LogP contribution is -2.41. The van der Waals surface area contributed by atoms with Crippen LogP contribution in [0.3, 0.4) is 0 Å². The number of hydrogen-bond donors (Lipinski definition) is 1. The smallest absolute Gasteiger partial charge is 0.390 e. The normalized spacial score (nSPS) is 15.4. The molecule has 1 aliphatic heterocycles. The first kappa shape index (κ1) is 24.2. The number of imidazole rings is 1. The van der Waals surface area contributed by atoms with Crippen molar-refractivity contribution in [2.24, 2.45) is 0 Å². The highest BCUT2D eigenvalue weighted by molar-refractivity contribution is 7.20. The number of fused-ring (bicyclic) bond motifs is 1. The third kappa shape index (κ3) is 4.80. The van der Waals surface area contributed by atoms with Crippen LogP contribution in [0.25, 0.3) is 10.2 Å². The summed E-state index contributed by atoms with van der Waals surface area (Å²) in [6.45, 7) is 1.76. The van der Waals surface area contributed by atoms with E-state index in [4.69, 9.17) is 0 Å². The molecule has 1 aliphatic rings. The molecule has 0 radical (unpaired) electrons. The van der Waals surface area contributed by atoms with Gasteiger partial charge in [-0.05, 0) is 25.3 Å². The number of amides is 1. The number of halogens is 3. The number of piperidine rings is 1. The summed E-state index contributed by atoms with van der Waals surface area (Å²) in [5, 5.41) is 9.79. The second kappa shape index (κ2) is 9.37. The molecule has 0 aromatic carbocycles. The number of carbonyl (C=O) groups is 1. The minimum absolute atomic E-state index is 0.0570. The van der Waals surface area contributed by atoms with Crippen LogP contribution in [-0.2, 0) is 19.6 Å². The van der Waals surface area contributed by atoms with Gasteiger partial charge < -0.3 is 14.6 Å².